The number of fused-ring (bicyclic) bond motifs is 1. The van der Waals surface area contributed by atoms with Crippen LogP contribution in [-0.4, -0.2) is 23.6 Å². The van der Waals surface area contributed by atoms with Crippen LogP contribution >= 0.6 is 0 Å². The number of rotatable bonds is 6. The van der Waals surface area contributed by atoms with Crippen LogP contribution in [0.25, 0.3) is 10.8 Å². The molecule has 0 radical (unpaired) electrons. The van der Waals surface area contributed by atoms with Crippen LogP contribution in [0.3, 0.4) is 0 Å². The fraction of sp³-hybridized carbons (Fsp3) is 0.111. The molecule has 0 atom stereocenters. The first-order chi connectivity index (χ1) is 11.6. The third kappa shape index (κ3) is 3.55. The first kappa shape index (κ1) is 15.6. The number of carboxylic acids is 1. The maximum absolute atomic E-state index is 11.8. The molecule has 0 fully saturated rings. The summed E-state index contributed by atoms with van der Waals surface area (Å²) in [6.45, 7) is -0.0297. The molecule has 2 N–H and O–H groups in total. The highest BCUT2D eigenvalue weighted by molar-refractivity contribution is 5.97. The van der Waals surface area contributed by atoms with Crippen molar-refractivity contribution >= 4 is 22.6 Å². The number of carbonyl (C=O) groups is 2. The summed E-state index contributed by atoms with van der Waals surface area (Å²) in [7, 11) is 0. The molecule has 0 spiro atoms. The van der Waals surface area contributed by atoms with Gasteiger partial charge in [-0.15, -0.1) is 0 Å². The van der Waals surface area contributed by atoms with Crippen LogP contribution in [0.2, 0.25) is 0 Å². The van der Waals surface area contributed by atoms with Gasteiger partial charge < -0.3 is 19.6 Å². The number of aromatic carboxylic acids is 1. The Bertz CT molecular complexity index is 870. The fourth-order valence-electron chi connectivity index (χ4n) is 2.30. The quantitative estimate of drug-likeness (QED) is 0.727. The van der Waals surface area contributed by atoms with Crippen molar-refractivity contribution < 1.29 is 23.8 Å². The van der Waals surface area contributed by atoms with Crippen LogP contribution in [0.1, 0.15) is 16.1 Å². The molecule has 6 heteroatoms. The number of furan rings is 1. The summed E-state index contributed by atoms with van der Waals surface area (Å²) in [5, 5.41) is 13.6. The minimum atomic E-state index is -1.10. The largest absolute Gasteiger partial charge is 0.483 e. The van der Waals surface area contributed by atoms with Gasteiger partial charge in [0.2, 0.25) is 0 Å². The number of amides is 1. The number of carbonyl (C=O) groups excluding carboxylic acids is 1. The Balaban J connectivity index is 1.70. The van der Waals surface area contributed by atoms with Gasteiger partial charge in [0.1, 0.15) is 17.1 Å². The van der Waals surface area contributed by atoms with E-state index in [0.717, 1.165) is 10.8 Å². The zero-order valence-corrected chi connectivity index (χ0v) is 12.7. The molecule has 6 nitrogen and oxygen atoms in total. The lowest BCUT2D eigenvalue weighted by atomic mass is 10.1. The molecule has 0 unspecified atom stereocenters. The summed E-state index contributed by atoms with van der Waals surface area (Å²) in [5.74, 6) is -0.683. The topological polar surface area (TPSA) is 88.8 Å². The number of carboxylic acid groups (broad SMARTS) is 1. The zero-order chi connectivity index (χ0) is 16.9. The van der Waals surface area contributed by atoms with Gasteiger partial charge in [-0.25, -0.2) is 4.79 Å². The van der Waals surface area contributed by atoms with Gasteiger partial charge in [-0.05, 0) is 35.0 Å². The minimum absolute atomic E-state index is 0.0209. The molecule has 1 heterocycles. The molecule has 1 aromatic heterocycles. The van der Waals surface area contributed by atoms with Crippen molar-refractivity contribution in [3.8, 4) is 5.75 Å². The van der Waals surface area contributed by atoms with Gasteiger partial charge in [0.15, 0.2) is 6.61 Å². The van der Waals surface area contributed by atoms with Crippen molar-refractivity contribution in [3.63, 3.8) is 0 Å². The van der Waals surface area contributed by atoms with E-state index < -0.39 is 5.97 Å². The highest BCUT2D eigenvalue weighted by atomic mass is 16.5. The van der Waals surface area contributed by atoms with Crippen molar-refractivity contribution in [1.29, 1.82) is 0 Å². The molecule has 0 aliphatic carbocycles. The van der Waals surface area contributed by atoms with Gasteiger partial charge in [0, 0.05) is 0 Å². The lowest BCUT2D eigenvalue weighted by Crippen LogP contribution is -2.28. The van der Waals surface area contributed by atoms with E-state index in [-0.39, 0.29) is 30.4 Å². The molecule has 3 aromatic rings. The van der Waals surface area contributed by atoms with Gasteiger partial charge in [0.05, 0.1) is 12.8 Å². The van der Waals surface area contributed by atoms with E-state index in [1.807, 2.05) is 24.3 Å². The molecule has 0 saturated carbocycles. The summed E-state index contributed by atoms with van der Waals surface area (Å²) in [6.07, 6.45) is 1.52. The van der Waals surface area contributed by atoms with Gasteiger partial charge in [-0.2, -0.15) is 0 Å². The molecular formula is C18H15NO5. The van der Waals surface area contributed by atoms with E-state index in [0.29, 0.717) is 5.76 Å². The van der Waals surface area contributed by atoms with E-state index in [9.17, 15) is 14.7 Å². The molecular weight excluding hydrogens is 310 g/mol. The Morgan fingerprint density at radius 2 is 1.83 bits per heavy atom. The normalized spacial score (nSPS) is 10.5. The highest BCUT2D eigenvalue weighted by Gasteiger charge is 2.14. The molecule has 122 valence electrons. The van der Waals surface area contributed by atoms with Gasteiger partial charge >= 0.3 is 5.97 Å². The zero-order valence-electron chi connectivity index (χ0n) is 12.7. The number of nitrogens with one attached hydrogen (secondary N) is 1. The summed E-state index contributed by atoms with van der Waals surface area (Å²) in [4.78, 5) is 23.2. The Morgan fingerprint density at radius 1 is 1.08 bits per heavy atom. The third-order valence-corrected chi connectivity index (χ3v) is 3.48. The third-order valence-electron chi connectivity index (χ3n) is 3.48. The standard InChI is InChI=1S/C18H15NO5/c20-17(19-10-14-6-3-7-23-14)11-24-16-9-13-5-2-1-4-12(13)8-15(16)18(21)22/h1-9H,10-11H2,(H,19,20)(H,21,22). The van der Waals surface area contributed by atoms with Crippen LogP contribution in [-0.2, 0) is 11.3 Å². The predicted molar refractivity (Wildman–Crippen MR) is 87.0 cm³/mol. The smallest absolute Gasteiger partial charge is 0.339 e. The molecule has 2 aromatic carbocycles. The molecule has 0 aliphatic heterocycles. The van der Waals surface area contributed by atoms with E-state index in [1.54, 1.807) is 18.2 Å². The number of hydrogen-bond donors (Lipinski definition) is 2. The van der Waals surface area contributed by atoms with E-state index in [1.165, 1.54) is 12.3 Å². The van der Waals surface area contributed by atoms with Crippen LogP contribution in [0.15, 0.2) is 59.2 Å². The highest BCUT2D eigenvalue weighted by Crippen LogP contribution is 2.26. The molecule has 0 saturated heterocycles. The average molecular weight is 325 g/mol. The lowest BCUT2D eigenvalue weighted by molar-refractivity contribution is -0.123. The summed E-state index contributed by atoms with van der Waals surface area (Å²) < 4.78 is 10.5. The monoisotopic (exact) mass is 325 g/mol. The van der Waals surface area contributed by atoms with Crippen molar-refractivity contribution in [2.24, 2.45) is 0 Å². The second kappa shape index (κ2) is 6.87. The Hall–Kier alpha value is -3.28. The summed E-state index contributed by atoms with van der Waals surface area (Å²) in [5.41, 5.74) is 0.0209. The second-order valence-electron chi connectivity index (χ2n) is 5.15. The minimum Gasteiger partial charge on any atom is -0.483 e. The van der Waals surface area contributed by atoms with Crippen LogP contribution in [0, 0.1) is 0 Å². The number of ether oxygens (including phenoxy) is 1. The van der Waals surface area contributed by atoms with E-state index >= 15 is 0 Å². The molecule has 3 rings (SSSR count). The average Bonchev–Trinajstić information content (AvgIpc) is 3.10. The van der Waals surface area contributed by atoms with Crippen LogP contribution in [0.5, 0.6) is 5.75 Å². The van der Waals surface area contributed by atoms with Crippen molar-refractivity contribution in [1.82, 2.24) is 5.32 Å². The molecule has 24 heavy (non-hydrogen) atoms. The van der Waals surface area contributed by atoms with Gasteiger partial charge in [-0.1, -0.05) is 24.3 Å². The molecule has 0 aliphatic rings. The second-order valence-corrected chi connectivity index (χ2v) is 5.15. The maximum Gasteiger partial charge on any atom is 0.339 e. The fourth-order valence-corrected chi connectivity index (χ4v) is 2.30. The van der Waals surface area contributed by atoms with Crippen LogP contribution in [0.4, 0.5) is 0 Å². The summed E-state index contributed by atoms with van der Waals surface area (Å²) >= 11 is 0. The SMILES string of the molecule is O=C(COc1cc2ccccc2cc1C(=O)O)NCc1ccco1. The van der Waals surface area contributed by atoms with Gasteiger partial charge in [-0.3, -0.25) is 4.79 Å². The lowest BCUT2D eigenvalue weighted by Gasteiger charge is -2.11. The number of hydrogen-bond acceptors (Lipinski definition) is 4. The van der Waals surface area contributed by atoms with Gasteiger partial charge in [0.25, 0.3) is 5.91 Å². The maximum atomic E-state index is 11.8. The summed E-state index contributed by atoms with van der Waals surface area (Å²) in [6, 6.07) is 14.0. The Morgan fingerprint density at radius 3 is 2.50 bits per heavy atom. The molecule has 0 bridgehead atoms. The Kier molecular flexibility index (Phi) is 4.47. The first-order valence-corrected chi connectivity index (χ1v) is 7.31. The molecule has 1 amide bonds. The van der Waals surface area contributed by atoms with Crippen LogP contribution < -0.4 is 10.1 Å². The first-order valence-electron chi connectivity index (χ1n) is 7.31. The van der Waals surface area contributed by atoms with E-state index in [4.69, 9.17) is 9.15 Å². The van der Waals surface area contributed by atoms with E-state index in [2.05, 4.69) is 5.32 Å². The van der Waals surface area contributed by atoms with Crippen molar-refractivity contribution in [2.45, 2.75) is 6.54 Å². The van der Waals surface area contributed by atoms with Crippen molar-refractivity contribution in [2.75, 3.05) is 6.61 Å². The van der Waals surface area contributed by atoms with Crippen molar-refractivity contribution in [3.05, 3.63) is 66.1 Å². The predicted octanol–water partition coefficient (Wildman–Crippen LogP) is 2.83. The Labute approximate surface area is 137 Å². The number of benzene rings is 2.